The number of fused-ring (bicyclic) bond motifs is 3. The molecule has 0 amide bonds. The molecule has 4 rings (SSSR count). The Balaban J connectivity index is 1.89. The van der Waals surface area contributed by atoms with Crippen molar-refractivity contribution < 1.29 is 0 Å². The minimum atomic E-state index is 0.166. The first kappa shape index (κ1) is 13.7. The van der Waals surface area contributed by atoms with Crippen molar-refractivity contribution in [3.05, 3.63) is 47.1 Å². The zero-order chi connectivity index (χ0) is 15.1. The molecule has 1 atom stereocenters. The number of anilines is 1. The minimum absolute atomic E-state index is 0.166. The fourth-order valence-corrected chi connectivity index (χ4v) is 3.12. The summed E-state index contributed by atoms with van der Waals surface area (Å²) < 4.78 is 0. The second-order valence-electron chi connectivity index (χ2n) is 5.68. The first-order chi connectivity index (χ1) is 10.7. The summed E-state index contributed by atoms with van der Waals surface area (Å²) in [6, 6.07) is 5.97. The van der Waals surface area contributed by atoms with E-state index < -0.39 is 0 Å². The van der Waals surface area contributed by atoms with Crippen LogP contribution in [0.25, 0.3) is 0 Å². The van der Waals surface area contributed by atoms with Crippen LogP contribution in [0.1, 0.15) is 13.3 Å². The molecule has 3 heterocycles. The van der Waals surface area contributed by atoms with Gasteiger partial charge in [-0.25, -0.2) is 4.99 Å². The third kappa shape index (κ3) is 2.28. The van der Waals surface area contributed by atoms with Crippen LogP contribution in [0.2, 0.25) is 5.02 Å². The maximum Gasteiger partial charge on any atom is 0.159 e. The van der Waals surface area contributed by atoms with E-state index in [1.54, 1.807) is 0 Å². The minimum Gasteiger partial charge on any atom is -0.313 e. The van der Waals surface area contributed by atoms with E-state index in [4.69, 9.17) is 21.6 Å². The molecule has 1 unspecified atom stereocenters. The topological polar surface area (TPSA) is 40.0 Å². The molecule has 0 radical (unpaired) electrons. The molecule has 4 nitrogen and oxygen atoms in total. The molecule has 0 spiro atoms. The Labute approximate surface area is 134 Å². The molecule has 112 valence electrons. The summed E-state index contributed by atoms with van der Waals surface area (Å²) in [6.45, 7) is 3.96. The Bertz CT molecular complexity index is 745. The molecule has 22 heavy (non-hydrogen) atoms. The van der Waals surface area contributed by atoms with Gasteiger partial charge < -0.3 is 5.32 Å². The molecule has 0 fully saturated rings. The van der Waals surface area contributed by atoms with Crippen molar-refractivity contribution >= 4 is 34.5 Å². The van der Waals surface area contributed by atoms with Crippen LogP contribution >= 0.6 is 11.6 Å². The number of nitrogens with one attached hydrogen (secondary N) is 1. The molecule has 0 saturated carbocycles. The number of hydrogen-bond donors (Lipinski definition) is 1. The zero-order valence-electron chi connectivity index (χ0n) is 12.4. The molecule has 5 heteroatoms. The third-order valence-corrected chi connectivity index (χ3v) is 4.31. The van der Waals surface area contributed by atoms with E-state index >= 15 is 0 Å². The van der Waals surface area contributed by atoms with E-state index in [0.717, 1.165) is 42.4 Å². The Hall–Kier alpha value is -1.91. The average Bonchev–Trinajstić information content (AvgIpc) is 2.55. The fraction of sp³-hybridized carbons (Fsp3) is 0.294. The summed E-state index contributed by atoms with van der Waals surface area (Å²) >= 11 is 6.16. The predicted molar refractivity (Wildman–Crippen MR) is 92.6 cm³/mol. The van der Waals surface area contributed by atoms with Crippen molar-refractivity contribution in [1.82, 2.24) is 5.32 Å². The molecule has 1 aromatic rings. The summed E-state index contributed by atoms with van der Waals surface area (Å²) in [6.07, 6.45) is 7.37. The fourth-order valence-electron chi connectivity index (χ4n) is 2.96. The number of nitrogens with zero attached hydrogens (tertiary/aromatic N) is 3. The van der Waals surface area contributed by atoms with Gasteiger partial charge in [-0.2, -0.15) is 0 Å². The maximum absolute atomic E-state index is 6.16. The van der Waals surface area contributed by atoms with Gasteiger partial charge in [0.1, 0.15) is 5.71 Å². The van der Waals surface area contributed by atoms with Crippen LogP contribution in [0, 0.1) is 0 Å². The second-order valence-corrected chi connectivity index (χ2v) is 6.12. The standard InChI is InChI=1S/C17H17ClN4/c1-11-6-9-22-15-10-13(18)2-3-14(15)21-16(17(22)20-11)12-4-7-19-8-5-12/h2-4,6,9-11,19H,5,7-8H2,1H3. The molecule has 1 N–H and O–H groups in total. The summed E-state index contributed by atoms with van der Waals surface area (Å²) in [5.74, 6) is 0.929. The van der Waals surface area contributed by atoms with Crippen LogP contribution < -0.4 is 10.2 Å². The van der Waals surface area contributed by atoms with Gasteiger partial charge in [-0.3, -0.25) is 9.89 Å². The van der Waals surface area contributed by atoms with Crippen molar-refractivity contribution in [3.8, 4) is 0 Å². The lowest BCUT2D eigenvalue weighted by molar-refractivity contribution is 0.717. The Morgan fingerprint density at radius 1 is 1.36 bits per heavy atom. The molecule has 3 aliphatic heterocycles. The molecular formula is C17H17ClN4. The lowest BCUT2D eigenvalue weighted by atomic mass is 9.99. The molecule has 0 saturated heterocycles. The van der Waals surface area contributed by atoms with Crippen LogP contribution in [0.5, 0.6) is 0 Å². The normalized spacial score (nSPS) is 23.3. The molecule has 0 aromatic heterocycles. The van der Waals surface area contributed by atoms with E-state index in [0.29, 0.717) is 5.02 Å². The van der Waals surface area contributed by atoms with Gasteiger partial charge in [-0.15, -0.1) is 0 Å². The average molecular weight is 313 g/mol. The molecule has 0 bridgehead atoms. The Morgan fingerprint density at radius 2 is 2.27 bits per heavy atom. The number of aliphatic imine (C=N–C) groups is 2. The van der Waals surface area contributed by atoms with Gasteiger partial charge in [0.15, 0.2) is 5.84 Å². The van der Waals surface area contributed by atoms with Crippen LogP contribution in [0.15, 0.2) is 52.1 Å². The SMILES string of the molecule is CC1C=CN2C(=N1)C(C1=CCNCC1)=Nc1ccc(Cl)cc12. The van der Waals surface area contributed by atoms with Crippen molar-refractivity contribution in [2.45, 2.75) is 19.4 Å². The Morgan fingerprint density at radius 3 is 3.09 bits per heavy atom. The number of amidine groups is 1. The first-order valence-corrected chi connectivity index (χ1v) is 7.94. The highest BCUT2D eigenvalue weighted by Gasteiger charge is 2.29. The van der Waals surface area contributed by atoms with Gasteiger partial charge in [0.25, 0.3) is 0 Å². The van der Waals surface area contributed by atoms with E-state index in [2.05, 4.69) is 35.5 Å². The number of rotatable bonds is 1. The highest BCUT2D eigenvalue weighted by atomic mass is 35.5. The van der Waals surface area contributed by atoms with E-state index in [1.807, 2.05) is 18.2 Å². The molecule has 0 aliphatic carbocycles. The van der Waals surface area contributed by atoms with Gasteiger partial charge in [-0.1, -0.05) is 17.7 Å². The van der Waals surface area contributed by atoms with E-state index in [-0.39, 0.29) is 6.04 Å². The van der Waals surface area contributed by atoms with Crippen molar-refractivity contribution in [1.29, 1.82) is 0 Å². The number of benzene rings is 1. The van der Waals surface area contributed by atoms with Crippen LogP contribution in [0.3, 0.4) is 0 Å². The summed E-state index contributed by atoms with van der Waals surface area (Å²) in [5.41, 5.74) is 4.20. The summed E-state index contributed by atoms with van der Waals surface area (Å²) in [4.78, 5) is 11.8. The number of halogens is 1. The van der Waals surface area contributed by atoms with Crippen molar-refractivity contribution in [2.75, 3.05) is 18.0 Å². The molecule has 3 aliphatic rings. The molecule has 1 aromatic carbocycles. The first-order valence-electron chi connectivity index (χ1n) is 7.56. The van der Waals surface area contributed by atoms with Crippen LogP contribution in [-0.2, 0) is 0 Å². The summed E-state index contributed by atoms with van der Waals surface area (Å²) in [7, 11) is 0. The number of hydrogen-bond acceptors (Lipinski definition) is 4. The van der Waals surface area contributed by atoms with Gasteiger partial charge in [0.2, 0.25) is 0 Å². The van der Waals surface area contributed by atoms with Gasteiger partial charge in [-0.05, 0) is 49.7 Å². The highest BCUT2D eigenvalue weighted by molar-refractivity contribution is 6.54. The van der Waals surface area contributed by atoms with Gasteiger partial charge in [0, 0.05) is 17.8 Å². The van der Waals surface area contributed by atoms with Gasteiger partial charge in [0.05, 0.1) is 17.4 Å². The van der Waals surface area contributed by atoms with Gasteiger partial charge >= 0.3 is 0 Å². The van der Waals surface area contributed by atoms with Crippen LogP contribution in [-0.4, -0.2) is 30.7 Å². The second kappa shape index (κ2) is 5.38. The monoisotopic (exact) mass is 312 g/mol. The Kier molecular flexibility index (Phi) is 3.36. The van der Waals surface area contributed by atoms with E-state index in [1.165, 1.54) is 5.57 Å². The molecular weight excluding hydrogens is 296 g/mol. The smallest absolute Gasteiger partial charge is 0.159 e. The quantitative estimate of drug-likeness (QED) is 0.862. The summed E-state index contributed by atoms with van der Waals surface area (Å²) in [5, 5.41) is 4.06. The highest BCUT2D eigenvalue weighted by Crippen LogP contribution is 2.38. The predicted octanol–water partition coefficient (Wildman–Crippen LogP) is 3.47. The largest absolute Gasteiger partial charge is 0.313 e. The third-order valence-electron chi connectivity index (χ3n) is 4.08. The van der Waals surface area contributed by atoms with E-state index in [9.17, 15) is 0 Å². The van der Waals surface area contributed by atoms with Crippen LogP contribution in [0.4, 0.5) is 11.4 Å². The lowest BCUT2D eigenvalue weighted by Gasteiger charge is -2.33. The van der Waals surface area contributed by atoms with Crippen molar-refractivity contribution in [3.63, 3.8) is 0 Å². The van der Waals surface area contributed by atoms with Crippen molar-refractivity contribution in [2.24, 2.45) is 9.98 Å². The lowest BCUT2D eigenvalue weighted by Crippen LogP contribution is -2.40. The maximum atomic E-state index is 6.16. The zero-order valence-corrected chi connectivity index (χ0v) is 13.1.